The Bertz CT molecular complexity index is 525. The van der Waals surface area contributed by atoms with Crippen molar-refractivity contribution in [2.45, 2.75) is 6.42 Å². The second kappa shape index (κ2) is 4.56. The van der Waals surface area contributed by atoms with Crippen LogP contribution in [0.3, 0.4) is 0 Å². The van der Waals surface area contributed by atoms with E-state index >= 15 is 0 Å². The molecule has 0 unspecified atom stereocenters. The zero-order chi connectivity index (χ0) is 13.3. The Labute approximate surface area is 104 Å². The highest BCUT2D eigenvalue weighted by atomic mass is 19.1. The average molecular weight is 249 g/mol. The number of urea groups is 1. The van der Waals surface area contributed by atoms with E-state index in [1.165, 1.54) is 36.2 Å². The van der Waals surface area contributed by atoms with Crippen molar-refractivity contribution in [2.24, 2.45) is 4.99 Å². The first-order valence-corrected chi connectivity index (χ1v) is 5.36. The van der Waals surface area contributed by atoms with Gasteiger partial charge in [-0.25, -0.2) is 14.2 Å². The molecule has 1 aliphatic rings. The highest BCUT2D eigenvalue weighted by Gasteiger charge is 2.31. The summed E-state index contributed by atoms with van der Waals surface area (Å²) in [6.07, 6.45) is 0.0517. The molecule has 1 aliphatic heterocycles. The van der Waals surface area contributed by atoms with E-state index in [9.17, 15) is 14.0 Å². The molecule has 1 aromatic rings. The van der Waals surface area contributed by atoms with Gasteiger partial charge in [0.1, 0.15) is 11.7 Å². The van der Waals surface area contributed by atoms with E-state index in [1.54, 1.807) is 7.05 Å². The Morgan fingerprint density at radius 2 is 1.72 bits per heavy atom. The Morgan fingerprint density at radius 3 is 2.33 bits per heavy atom. The molecule has 2 rings (SSSR count). The molecule has 0 bridgehead atoms. The number of benzene rings is 1. The van der Waals surface area contributed by atoms with Crippen molar-refractivity contribution < 1.29 is 14.0 Å². The fourth-order valence-electron chi connectivity index (χ4n) is 1.59. The molecule has 0 N–H and O–H groups in total. The number of imide groups is 1. The molecule has 1 heterocycles. The summed E-state index contributed by atoms with van der Waals surface area (Å²) in [5, 5.41) is 0. The number of hydrogen-bond donors (Lipinski definition) is 0. The largest absolute Gasteiger partial charge is 0.331 e. The van der Waals surface area contributed by atoms with Crippen molar-refractivity contribution >= 4 is 23.5 Å². The Hall–Kier alpha value is -2.24. The van der Waals surface area contributed by atoms with Crippen molar-refractivity contribution in [3.63, 3.8) is 0 Å². The number of amides is 3. The fourth-order valence-corrected chi connectivity index (χ4v) is 1.59. The Balaban J connectivity index is 2.30. The quantitative estimate of drug-likeness (QED) is 0.761. The van der Waals surface area contributed by atoms with Gasteiger partial charge in [0.25, 0.3) is 0 Å². The molecule has 3 amide bonds. The van der Waals surface area contributed by atoms with Crippen LogP contribution in [0.5, 0.6) is 0 Å². The number of hydrogen-bond acceptors (Lipinski definition) is 3. The van der Waals surface area contributed by atoms with Gasteiger partial charge in [-0.1, -0.05) is 0 Å². The van der Waals surface area contributed by atoms with E-state index in [4.69, 9.17) is 0 Å². The van der Waals surface area contributed by atoms with Crippen molar-refractivity contribution in [2.75, 3.05) is 14.1 Å². The standard InChI is InChI=1S/C12H12FN3O2/c1-15-10(7-11(17)16(2)12(15)18)14-9-5-3-8(13)4-6-9/h3-6H,7H2,1-2H3. The van der Waals surface area contributed by atoms with Crippen LogP contribution in [0.1, 0.15) is 6.42 Å². The summed E-state index contributed by atoms with van der Waals surface area (Å²) in [4.78, 5) is 29.8. The number of halogens is 1. The molecule has 0 atom stereocenters. The van der Waals surface area contributed by atoms with Gasteiger partial charge in [-0.15, -0.1) is 0 Å². The highest BCUT2D eigenvalue weighted by molar-refractivity contribution is 6.16. The van der Waals surface area contributed by atoms with Crippen LogP contribution in [0.2, 0.25) is 0 Å². The lowest BCUT2D eigenvalue weighted by Gasteiger charge is -2.30. The second-order valence-electron chi connectivity index (χ2n) is 3.98. The van der Waals surface area contributed by atoms with Gasteiger partial charge in [-0.05, 0) is 24.3 Å². The zero-order valence-electron chi connectivity index (χ0n) is 10.1. The number of carbonyl (C=O) groups is 2. The zero-order valence-corrected chi connectivity index (χ0v) is 10.1. The molecule has 0 aromatic heterocycles. The van der Waals surface area contributed by atoms with Gasteiger partial charge in [-0.3, -0.25) is 14.6 Å². The fraction of sp³-hybridized carbons (Fsp3) is 0.250. The van der Waals surface area contributed by atoms with Crippen LogP contribution in [0.25, 0.3) is 0 Å². The van der Waals surface area contributed by atoms with Crippen LogP contribution in [0, 0.1) is 5.82 Å². The van der Waals surface area contributed by atoms with E-state index in [0.29, 0.717) is 11.5 Å². The second-order valence-corrected chi connectivity index (χ2v) is 3.98. The predicted octanol–water partition coefficient (Wildman–Crippen LogP) is 1.77. The van der Waals surface area contributed by atoms with Gasteiger partial charge < -0.3 is 0 Å². The molecule has 5 nitrogen and oxygen atoms in total. The lowest BCUT2D eigenvalue weighted by atomic mass is 10.2. The molecule has 1 saturated heterocycles. The van der Waals surface area contributed by atoms with Crippen LogP contribution >= 0.6 is 0 Å². The first-order chi connectivity index (χ1) is 8.49. The van der Waals surface area contributed by atoms with Crippen molar-refractivity contribution in [1.29, 1.82) is 0 Å². The highest BCUT2D eigenvalue weighted by Crippen LogP contribution is 2.17. The summed E-state index contributed by atoms with van der Waals surface area (Å²) < 4.78 is 12.7. The molecular formula is C12H12FN3O2. The van der Waals surface area contributed by atoms with Crippen LogP contribution < -0.4 is 0 Å². The third-order valence-electron chi connectivity index (χ3n) is 2.73. The van der Waals surface area contributed by atoms with E-state index in [0.717, 1.165) is 4.90 Å². The summed E-state index contributed by atoms with van der Waals surface area (Å²) in [5.41, 5.74) is 0.503. The molecule has 1 aromatic carbocycles. The van der Waals surface area contributed by atoms with Gasteiger partial charge in [0.2, 0.25) is 5.91 Å². The van der Waals surface area contributed by atoms with Crippen molar-refractivity contribution in [1.82, 2.24) is 9.80 Å². The van der Waals surface area contributed by atoms with Crippen molar-refractivity contribution in [3.05, 3.63) is 30.1 Å². The maximum absolute atomic E-state index is 12.7. The van der Waals surface area contributed by atoms with Crippen LogP contribution in [-0.4, -0.2) is 41.7 Å². The summed E-state index contributed by atoms with van der Waals surface area (Å²) in [6.45, 7) is 0. The minimum atomic E-state index is -0.424. The van der Waals surface area contributed by atoms with Gasteiger partial charge in [0, 0.05) is 14.1 Å². The minimum absolute atomic E-state index is 0.0517. The van der Waals surface area contributed by atoms with E-state index in [-0.39, 0.29) is 18.1 Å². The maximum atomic E-state index is 12.7. The monoisotopic (exact) mass is 249 g/mol. The first kappa shape index (κ1) is 12.2. The lowest BCUT2D eigenvalue weighted by molar-refractivity contribution is -0.127. The number of aliphatic imine (C=N–C) groups is 1. The third-order valence-corrected chi connectivity index (χ3v) is 2.73. The van der Waals surface area contributed by atoms with Crippen LogP contribution in [0.15, 0.2) is 29.3 Å². The molecule has 18 heavy (non-hydrogen) atoms. The number of carbonyl (C=O) groups excluding carboxylic acids is 2. The van der Waals surface area contributed by atoms with Crippen LogP contribution in [0.4, 0.5) is 14.9 Å². The third kappa shape index (κ3) is 2.22. The van der Waals surface area contributed by atoms with Crippen LogP contribution in [-0.2, 0) is 4.79 Å². The maximum Gasteiger partial charge on any atom is 0.331 e. The topological polar surface area (TPSA) is 53.0 Å². The Kier molecular flexibility index (Phi) is 3.10. The normalized spacial score (nSPS) is 18.7. The number of nitrogens with zero attached hydrogens (tertiary/aromatic N) is 3. The lowest BCUT2D eigenvalue weighted by Crippen LogP contribution is -2.51. The minimum Gasteiger partial charge on any atom is -0.284 e. The number of amidine groups is 1. The number of rotatable bonds is 1. The molecule has 94 valence electrons. The summed E-state index contributed by atoms with van der Waals surface area (Å²) in [5.74, 6) is -0.309. The summed E-state index contributed by atoms with van der Waals surface area (Å²) >= 11 is 0. The smallest absolute Gasteiger partial charge is 0.284 e. The SMILES string of the molecule is CN1C(=O)CC(=Nc2ccc(F)cc2)N(C)C1=O. The average Bonchev–Trinajstić information content (AvgIpc) is 2.36. The van der Waals surface area contributed by atoms with Gasteiger partial charge in [-0.2, -0.15) is 0 Å². The van der Waals surface area contributed by atoms with E-state index in [2.05, 4.69) is 4.99 Å². The van der Waals surface area contributed by atoms with Gasteiger partial charge >= 0.3 is 6.03 Å². The van der Waals surface area contributed by atoms with E-state index in [1.807, 2.05) is 0 Å². The molecule has 0 radical (unpaired) electrons. The van der Waals surface area contributed by atoms with E-state index < -0.39 is 6.03 Å². The van der Waals surface area contributed by atoms with Gasteiger partial charge in [0.05, 0.1) is 12.1 Å². The molecular weight excluding hydrogens is 237 g/mol. The molecule has 0 saturated carbocycles. The summed E-state index contributed by atoms with van der Waals surface area (Å²) in [6, 6.07) is 5.11. The molecule has 6 heteroatoms. The summed E-state index contributed by atoms with van der Waals surface area (Å²) in [7, 11) is 2.98. The molecule has 1 fully saturated rings. The van der Waals surface area contributed by atoms with Gasteiger partial charge in [0.15, 0.2) is 0 Å². The van der Waals surface area contributed by atoms with Crippen molar-refractivity contribution in [3.8, 4) is 0 Å². The first-order valence-electron chi connectivity index (χ1n) is 5.36. The Morgan fingerprint density at radius 1 is 1.11 bits per heavy atom. The predicted molar refractivity (Wildman–Crippen MR) is 64.0 cm³/mol. The molecule has 0 spiro atoms. The molecule has 0 aliphatic carbocycles.